The van der Waals surface area contributed by atoms with Crippen LogP contribution in [0, 0.1) is 0 Å². The standard InChI is InChI=1S/C24H26N4O4S/c1-32-19-10-4-16(5-11-19)15-25-22(30)17-6-8-18(9-7-17)26-21(29)14-20-23(31)27-24(33-20)28-12-2-3-13-28/h4-11,20H,2-3,12-15H2,1H3,(H,25,30)(H,26,29)/t20-/m1/s1. The fourth-order valence-corrected chi connectivity index (χ4v) is 4.78. The van der Waals surface area contributed by atoms with Gasteiger partial charge in [0.2, 0.25) is 5.91 Å². The molecule has 2 aromatic carbocycles. The topological polar surface area (TPSA) is 100 Å². The summed E-state index contributed by atoms with van der Waals surface area (Å²) in [5.41, 5.74) is 2.03. The molecule has 0 radical (unpaired) electrons. The predicted molar refractivity (Wildman–Crippen MR) is 128 cm³/mol. The van der Waals surface area contributed by atoms with E-state index in [-0.39, 0.29) is 24.1 Å². The molecule has 2 aliphatic rings. The Bertz CT molecular complexity index is 1050. The molecule has 33 heavy (non-hydrogen) atoms. The molecule has 2 aromatic rings. The molecule has 1 fully saturated rings. The minimum atomic E-state index is -0.483. The molecule has 4 rings (SSSR count). The number of amidine groups is 1. The molecule has 1 saturated heterocycles. The first-order valence-corrected chi connectivity index (χ1v) is 11.7. The van der Waals surface area contributed by atoms with Gasteiger partial charge in [-0.05, 0) is 54.8 Å². The van der Waals surface area contributed by atoms with Gasteiger partial charge in [0.25, 0.3) is 11.8 Å². The fraction of sp³-hybridized carbons (Fsp3) is 0.333. The number of benzene rings is 2. The highest BCUT2D eigenvalue weighted by atomic mass is 32.2. The molecule has 2 aliphatic heterocycles. The number of carbonyl (C=O) groups excluding carboxylic acids is 3. The Kier molecular flexibility index (Phi) is 7.29. The maximum absolute atomic E-state index is 12.4. The van der Waals surface area contributed by atoms with Gasteiger partial charge in [-0.3, -0.25) is 14.4 Å². The molecule has 1 atom stereocenters. The van der Waals surface area contributed by atoms with Crippen LogP contribution in [0.2, 0.25) is 0 Å². The van der Waals surface area contributed by atoms with Gasteiger partial charge >= 0.3 is 0 Å². The normalized spacial score (nSPS) is 17.6. The summed E-state index contributed by atoms with van der Waals surface area (Å²) >= 11 is 1.37. The number of likely N-dealkylation sites (tertiary alicyclic amines) is 1. The van der Waals surface area contributed by atoms with Crippen LogP contribution in [-0.2, 0) is 16.1 Å². The largest absolute Gasteiger partial charge is 0.497 e. The lowest BCUT2D eigenvalue weighted by molar-refractivity contribution is -0.121. The second kappa shape index (κ2) is 10.5. The number of anilines is 1. The van der Waals surface area contributed by atoms with Gasteiger partial charge in [0.1, 0.15) is 11.0 Å². The van der Waals surface area contributed by atoms with Gasteiger partial charge in [0, 0.05) is 37.3 Å². The van der Waals surface area contributed by atoms with E-state index in [0.717, 1.165) is 42.4 Å². The smallest absolute Gasteiger partial charge is 0.262 e. The van der Waals surface area contributed by atoms with Crippen molar-refractivity contribution < 1.29 is 19.1 Å². The van der Waals surface area contributed by atoms with Crippen LogP contribution >= 0.6 is 11.8 Å². The Labute approximate surface area is 196 Å². The molecule has 0 saturated carbocycles. The van der Waals surface area contributed by atoms with Crippen molar-refractivity contribution in [2.75, 3.05) is 25.5 Å². The van der Waals surface area contributed by atoms with E-state index < -0.39 is 5.25 Å². The van der Waals surface area contributed by atoms with Crippen LogP contribution < -0.4 is 15.4 Å². The van der Waals surface area contributed by atoms with Crippen molar-refractivity contribution in [3.05, 3.63) is 59.7 Å². The zero-order chi connectivity index (χ0) is 23.2. The molecule has 0 unspecified atom stereocenters. The maximum atomic E-state index is 12.4. The SMILES string of the molecule is COc1ccc(CNC(=O)c2ccc(NC(=O)C[C@H]3SC(N4CCCC4)=NC3=O)cc2)cc1. The van der Waals surface area contributed by atoms with E-state index in [2.05, 4.69) is 20.5 Å². The van der Waals surface area contributed by atoms with Crippen molar-refractivity contribution in [1.29, 1.82) is 0 Å². The predicted octanol–water partition coefficient (Wildman–Crippen LogP) is 3.05. The lowest BCUT2D eigenvalue weighted by Gasteiger charge is -2.16. The maximum Gasteiger partial charge on any atom is 0.262 e. The Morgan fingerprint density at radius 1 is 1.09 bits per heavy atom. The number of ether oxygens (including phenoxy) is 1. The lowest BCUT2D eigenvalue weighted by Crippen LogP contribution is -2.25. The first kappa shape index (κ1) is 22.8. The summed E-state index contributed by atoms with van der Waals surface area (Å²) in [7, 11) is 1.61. The van der Waals surface area contributed by atoms with Gasteiger partial charge in [-0.15, -0.1) is 0 Å². The molecular weight excluding hydrogens is 440 g/mol. The lowest BCUT2D eigenvalue weighted by atomic mass is 10.1. The quantitative estimate of drug-likeness (QED) is 0.651. The van der Waals surface area contributed by atoms with Crippen molar-refractivity contribution in [2.45, 2.75) is 31.1 Å². The number of hydrogen-bond acceptors (Lipinski definition) is 6. The number of aliphatic imine (C=N–C) groups is 1. The van der Waals surface area contributed by atoms with E-state index in [4.69, 9.17) is 4.74 Å². The molecule has 8 nitrogen and oxygen atoms in total. The third-order valence-corrected chi connectivity index (χ3v) is 6.73. The van der Waals surface area contributed by atoms with Crippen molar-refractivity contribution in [1.82, 2.24) is 10.2 Å². The van der Waals surface area contributed by atoms with E-state index in [1.54, 1.807) is 31.4 Å². The van der Waals surface area contributed by atoms with Crippen molar-refractivity contribution in [3.8, 4) is 5.75 Å². The highest BCUT2D eigenvalue weighted by Crippen LogP contribution is 2.29. The first-order chi connectivity index (χ1) is 16.0. The van der Waals surface area contributed by atoms with Crippen LogP contribution in [0.25, 0.3) is 0 Å². The Morgan fingerprint density at radius 3 is 2.45 bits per heavy atom. The number of rotatable bonds is 7. The minimum Gasteiger partial charge on any atom is -0.497 e. The average molecular weight is 467 g/mol. The van der Waals surface area contributed by atoms with Gasteiger partial charge in [0.15, 0.2) is 5.17 Å². The molecule has 2 heterocycles. The third kappa shape index (κ3) is 5.92. The first-order valence-electron chi connectivity index (χ1n) is 10.9. The van der Waals surface area contributed by atoms with Gasteiger partial charge < -0.3 is 20.3 Å². The summed E-state index contributed by atoms with van der Waals surface area (Å²) in [4.78, 5) is 43.3. The Balaban J connectivity index is 1.24. The van der Waals surface area contributed by atoms with Gasteiger partial charge in [-0.1, -0.05) is 23.9 Å². The highest BCUT2D eigenvalue weighted by Gasteiger charge is 2.33. The average Bonchev–Trinajstić information content (AvgIpc) is 3.48. The number of amides is 3. The molecular formula is C24H26N4O4S. The Morgan fingerprint density at radius 2 is 1.79 bits per heavy atom. The summed E-state index contributed by atoms with van der Waals surface area (Å²) in [6.07, 6.45) is 2.28. The summed E-state index contributed by atoms with van der Waals surface area (Å²) in [6, 6.07) is 14.1. The van der Waals surface area contributed by atoms with E-state index in [1.165, 1.54) is 11.8 Å². The van der Waals surface area contributed by atoms with E-state index in [0.29, 0.717) is 17.8 Å². The second-order valence-electron chi connectivity index (χ2n) is 7.89. The fourth-order valence-electron chi connectivity index (χ4n) is 3.67. The number of thioether (sulfide) groups is 1. The zero-order valence-electron chi connectivity index (χ0n) is 18.4. The summed E-state index contributed by atoms with van der Waals surface area (Å²) in [6.45, 7) is 2.23. The van der Waals surface area contributed by atoms with Crippen molar-refractivity contribution in [2.24, 2.45) is 4.99 Å². The van der Waals surface area contributed by atoms with Gasteiger partial charge in [-0.25, -0.2) is 0 Å². The molecule has 2 N–H and O–H groups in total. The van der Waals surface area contributed by atoms with Crippen LogP contribution in [-0.4, -0.2) is 53.2 Å². The van der Waals surface area contributed by atoms with Crippen LogP contribution in [0.15, 0.2) is 53.5 Å². The molecule has 172 valence electrons. The summed E-state index contributed by atoms with van der Waals surface area (Å²) < 4.78 is 5.13. The second-order valence-corrected chi connectivity index (χ2v) is 9.06. The van der Waals surface area contributed by atoms with Gasteiger partial charge in [-0.2, -0.15) is 4.99 Å². The van der Waals surface area contributed by atoms with Crippen LogP contribution in [0.3, 0.4) is 0 Å². The highest BCUT2D eigenvalue weighted by molar-refractivity contribution is 8.15. The number of carbonyl (C=O) groups is 3. The summed E-state index contributed by atoms with van der Waals surface area (Å²) in [5.74, 6) is 0.0535. The molecule has 0 aromatic heterocycles. The van der Waals surface area contributed by atoms with Crippen LogP contribution in [0.5, 0.6) is 5.75 Å². The number of nitrogens with one attached hydrogen (secondary N) is 2. The molecule has 0 spiro atoms. The molecule has 9 heteroatoms. The molecule has 3 amide bonds. The monoisotopic (exact) mass is 466 g/mol. The van der Waals surface area contributed by atoms with E-state index in [9.17, 15) is 14.4 Å². The van der Waals surface area contributed by atoms with Crippen molar-refractivity contribution >= 4 is 40.3 Å². The van der Waals surface area contributed by atoms with Crippen LogP contribution in [0.4, 0.5) is 5.69 Å². The summed E-state index contributed by atoms with van der Waals surface area (Å²) in [5, 5.41) is 5.92. The zero-order valence-corrected chi connectivity index (χ0v) is 19.2. The Hall–Kier alpha value is -3.33. The number of nitrogens with zero attached hydrogens (tertiary/aromatic N) is 2. The van der Waals surface area contributed by atoms with E-state index in [1.807, 2.05) is 24.3 Å². The number of methoxy groups -OCH3 is 1. The van der Waals surface area contributed by atoms with Gasteiger partial charge in [0.05, 0.1) is 7.11 Å². The van der Waals surface area contributed by atoms with Crippen molar-refractivity contribution in [3.63, 3.8) is 0 Å². The van der Waals surface area contributed by atoms with Crippen LogP contribution in [0.1, 0.15) is 35.2 Å². The minimum absolute atomic E-state index is 0.0639. The molecule has 0 aliphatic carbocycles. The number of hydrogen-bond donors (Lipinski definition) is 2. The third-order valence-electron chi connectivity index (χ3n) is 5.52. The van der Waals surface area contributed by atoms with E-state index >= 15 is 0 Å². The molecule has 0 bridgehead atoms.